The highest BCUT2D eigenvalue weighted by molar-refractivity contribution is 7.99. The monoisotopic (exact) mass is 379 g/mol. The third-order valence-corrected chi connectivity index (χ3v) is 5.94. The summed E-state index contributed by atoms with van der Waals surface area (Å²) in [5.74, 6) is 2.36. The van der Waals surface area contributed by atoms with Crippen molar-refractivity contribution in [3.05, 3.63) is 45.1 Å². The molecule has 1 fully saturated rings. The molecule has 2 heterocycles. The molecule has 1 saturated heterocycles. The fourth-order valence-electron chi connectivity index (χ4n) is 3.05. The predicted molar refractivity (Wildman–Crippen MR) is 105 cm³/mol. The van der Waals surface area contributed by atoms with Crippen LogP contribution in [0, 0.1) is 0 Å². The lowest BCUT2D eigenvalue weighted by Gasteiger charge is -2.30. The summed E-state index contributed by atoms with van der Waals surface area (Å²) in [6, 6.07) is 6.15. The first kappa shape index (κ1) is 18.1. The van der Waals surface area contributed by atoms with Gasteiger partial charge in [0.25, 0.3) is 5.56 Å². The lowest BCUT2D eigenvalue weighted by molar-refractivity contribution is -0.134. The second-order valence-electron chi connectivity index (χ2n) is 5.89. The summed E-state index contributed by atoms with van der Waals surface area (Å²) in [6.45, 7) is 1.33. The van der Waals surface area contributed by atoms with Gasteiger partial charge in [0.15, 0.2) is 0 Å². The average molecular weight is 380 g/mol. The van der Waals surface area contributed by atoms with Crippen LogP contribution in [0.4, 0.5) is 0 Å². The van der Waals surface area contributed by atoms with Gasteiger partial charge in [-0.1, -0.05) is 12.1 Å². The van der Waals surface area contributed by atoms with E-state index < -0.39 is 17.3 Å². The number of rotatable bonds is 5. The normalized spacial score (nSPS) is 16.1. The average Bonchev–Trinajstić information content (AvgIpc) is 2.64. The number of amides is 1. The van der Waals surface area contributed by atoms with Gasteiger partial charge in [0.2, 0.25) is 5.91 Å². The van der Waals surface area contributed by atoms with Crippen LogP contribution in [0.25, 0.3) is 10.9 Å². The third-order valence-electron chi connectivity index (χ3n) is 4.35. The highest BCUT2D eigenvalue weighted by Gasteiger charge is 2.29. The van der Waals surface area contributed by atoms with Gasteiger partial charge in [-0.3, -0.25) is 9.59 Å². The molecule has 1 aliphatic rings. The maximum atomic E-state index is 13.0. The van der Waals surface area contributed by atoms with Crippen molar-refractivity contribution < 1.29 is 4.79 Å². The zero-order chi connectivity index (χ0) is 17.8. The molecule has 1 aromatic carbocycles. The van der Waals surface area contributed by atoms with Gasteiger partial charge in [0.05, 0.1) is 10.9 Å². The predicted octanol–water partition coefficient (Wildman–Crippen LogP) is 1.56. The van der Waals surface area contributed by atoms with Crippen LogP contribution >= 0.6 is 23.5 Å². The Hall–Kier alpha value is -1.67. The number of hydrogen-bond donors (Lipinski definition) is 1. The van der Waals surface area contributed by atoms with Gasteiger partial charge in [0, 0.05) is 24.6 Å². The first-order valence-corrected chi connectivity index (χ1v) is 10.8. The van der Waals surface area contributed by atoms with Gasteiger partial charge < -0.3 is 9.88 Å². The van der Waals surface area contributed by atoms with Crippen molar-refractivity contribution in [2.45, 2.75) is 12.5 Å². The molecule has 1 N–H and O–H groups in total. The Morgan fingerprint density at radius 3 is 2.72 bits per heavy atom. The molecule has 134 valence electrons. The van der Waals surface area contributed by atoms with Crippen molar-refractivity contribution in [1.29, 1.82) is 0 Å². The summed E-state index contributed by atoms with van der Waals surface area (Å²) in [4.78, 5) is 43.0. The third kappa shape index (κ3) is 3.79. The quantitative estimate of drug-likeness (QED) is 0.853. The molecule has 2 aromatic rings. The van der Waals surface area contributed by atoms with Crippen molar-refractivity contribution in [2.75, 3.05) is 36.6 Å². The Balaban J connectivity index is 2.06. The fourth-order valence-corrected chi connectivity index (χ4v) is 4.41. The Morgan fingerprint density at radius 1 is 1.28 bits per heavy atom. The molecular weight excluding hydrogens is 358 g/mol. The first-order valence-electron chi connectivity index (χ1n) is 8.22. The molecule has 0 radical (unpaired) electrons. The highest BCUT2D eigenvalue weighted by atomic mass is 32.2. The summed E-state index contributed by atoms with van der Waals surface area (Å²) in [5.41, 5.74) is -0.418. The smallest absolute Gasteiger partial charge is 0.329 e. The van der Waals surface area contributed by atoms with Gasteiger partial charge in [-0.05, 0) is 30.6 Å². The molecular formula is C17H21N3O3S2. The van der Waals surface area contributed by atoms with E-state index in [9.17, 15) is 14.4 Å². The van der Waals surface area contributed by atoms with E-state index in [1.165, 1.54) is 0 Å². The molecule has 1 aliphatic heterocycles. The minimum atomic E-state index is -0.753. The fraction of sp³-hybridized carbons (Fsp3) is 0.471. The molecule has 25 heavy (non-hydrogen) atoms. The van der Waals surface area contributed by atoms with Crippen molar-refractivity contribution in [3.8, 4) is 0 Å². The minimum absolute atomic E-state index is 0.128. The number of nitrogens with one attached hydrogen (secondary N) is 1. The maximum Gasteiger partial charge on any atom is 0.329 e. The number of carbonyl (C=O) groups excluding carboxylic acids is 1. The number of carbonyl (C=O) groups is 1. The topological polar surface area (TPSA) is 75.2 Å². The maximum absolute atomic E-state index is 13.0. The second-order valence-corrected chi connectivity index (χ2v) is 8.10. The summed E-state index contributed by atoms with van der Waals surface area (Å²) in [7, 11) is 0. The van der Waals surface area contributed by atoms with Crippen LogP contribution in [0.1, 0.15) is 12.5 Å². The lowest BCUT2D eigenvalue weighted by atomic mass is 10.1. The van der Waals surface area contributed by atoms with E-state index in [1.807, 2.05) is 18.0 Å². The molecule has 1 aromatic heterocycles. The highest BCUT2D eigenvalue weighted by Crippen LogP contribution is 2.19. The first-order chi connectivity index (χ1) is 12.1. The van der Waals surface area contributed by atoms with E-state index in [1.54, 1.807) is 40.9 Å². The molecule has 0 spiro atoms. The van der Waals surface area contributed by atoms with Gasteiger partial charge in [-0.2, -0.15) is 23.5 Å². The van der Waals surface area contributed by atoms with Gasteiger partial charge in [-0.25, -0.2) is 9.36 Å². The minimum Gasteiger partial charge on any atom is -0.339 e. The molecule has 0 unspecified atom stereocenters. The number of H-pyrrole nitrogens is 1. The number of thioether (sulfide) groups is 2. The van der Waals surface area contributed by atoms with E-state index in [0.717, 1.165) is 16.1 Å². The number of fused-ring (bicyclic) bond motifs is 1. The molecule has 1 atom stereocenters. The van der Waals surface area contributed by atoms with E-state index in [-0.39, 0.29) is 5.91 Å². The van der Waals surface area contributed by atoms with Crippen LogP contribution in [-0.2, 0) is 4.79 Å². The summed E-state index contributed by atoms with van der Waals surface area (Å²) in [5, 5.41) is 0.429. The van der Waals surface area contributed by atoms with Crippen LogP contribution in [0.15, 0.2) is 33.9 Å². The van der Waals surface area contributed by atoms with Crippen molar-refractivity contribution in [3.63, 3.8) is 0 Å². The Bertz CT molecular complexity index is 871. The van der Waals surface area contributed by atoms with Crippen LogP contribution in [-0.4, -0.2) is 57.0 Å². The summed E-state index contributed by atoms with van der Waals surface area (Å²) >= 11 is 3.42. The number of aromatic amines is 1. The molecule has 0 bridgehead atoms. The number of nitrogens with zero attached hydrogens (tertiary/aromatic N) is 2. The summed E-state index contributed by atoms with van der Waals surface area (Å²) < 4.78 is 1.11. The van der Waals surface area contributed by atoms with E-state index in [0.29, 0.717) is 36.2 Å². The number of para-hydroxylation sites is 1. The molecule has 0 aliphatic carbocycles. The van der Waals surface area contributed by atoms with E-state index in [4.69, 9.17) is 0 Å². The van der Waals surface area contributed by atoms with Crippen molar-refractivity contribution in [2.24, 2.45) is 0 Å². The number of benzene rings is 1. The Morgan fingerprint density at radius 2 is 2.00 bits per heavy atom. The molecule has 6 nitrogen and oxygen atoms in total. The Labute approximate surface area is 154 Å². The molecule has 1 amide bonds. The van der Waals surface area contributed by atoms with Gasteiger partial charge in [0.1, 0.15) is 6.04 Å². The number of aromatic nitrogens is 2. The SMILES string of the molecule is CSCC[C@@H](C(=O)N1CCSCC1)n1c(=O)[nH]c2ccccc2c1=O. The van der Waals surface area contributed by atoms with Crippen molar-refractivity contribution >= 4 is 40.3 Å². The van der Waals surface area contributed by atoms with Crippen molar-refractivity contribution in [1.82, 2.24) is 14.5 Å². The van der Waals surface area contributed by atoms with Gasteiger partial charge >= 0.3 is 5.69 Å². The molecule has 8 heteroatoms. The lowest BCUT2D eigenvalue weighted by Crippen LogP contribution is -2.48. The van der Waals surface area contributed by atoms with E-state index in [2.05, 4.69) is 4.98 Å². The van der Waals surface area contributed by atoms with E-state index >= 15 is 0 Å². The number of hydrogen-bond acceptors (Lipinski definition) is 5. The van der Waals surface area contributed by atoms with Crippen LogP contribution in [0.2, 0.25) is 0 Å². The largest absolute Gasteiger partial charge is 0.339 e. The standard InChI is InChI=1S/C17H21N3O3S2/c1-24-9-6-14(16(22)19-7-10-25-11-8-19)20-15(21)12-4-2-3-5-13(12)18-17(20)23/h2-5,14H,6-11H2,1H3,(H,18,23)/t14-/m0/s1. The summed E-state index contributed by atoms with van der Waals surface area (Å²) in [6.07, 6.45) is 2.41. The zero-order valence-electron chi connectivity index (χ0n) is 14.1. The van der Waals surface area contributed by atoms with Crippen LogP contribution < -0.4 is 11.2 Å². The molecule has 3 rings (SSSR count). The zero-order valence-corrected chi connectivity index (χ0v) is 15.7. The molecule has 0 saturated carbocycles. The van der Waals surface area contributed by atoms with Crippen LogP contribution in [0.3, 0.4) is 0 Å². The Kier molecular flexibility index (Phi) is 5.90. The second kappa shape index (κ2) is 8.14. The van der Waals surface area contributed by atoms with Crippen LogP contribution in [0.5, 0.6) is 0 Å². The van der Waals surface area contributed by atoms with Gasteiger partial charge in [-0.15, -0.1) is 0 Å².